The van der Waals surface area contributed by atoms with Gasteiger partial charge >= 0.3 is 0 Å². The molecule has 0 aromatic heterocycles. The molecule has 0 spiro atoms. The van der Waals surface area contributed by atoms with E-state index in [1.807, 2.05) is 0 Å². The fourth-order valence-corrected chi connectivity index (χ4v) is 5.69. The molecular weight excluding hydrogens is 220 g/mol. The van der Waals surface area contributed by atoms with E-state index in [0.29, 0.717) is 23.7 Å². The first-order valence-corrected chi connectivity index (χ1v) is 7.31. The zero-order chi connectivity index (χ0) is 11.9. The third-order valence-corrected chi connectivity index (χ3v) is 6.19. The molecule has 7 atom stereocenters. The molecular formula is C17H18O. The summed E-state index contributed by atoms with van der Waals surface area (Å²) in [5.41, 5.74) is 3.20. The summed E-state index contributed by atoms with van der Waals surface area (Å²) < 4.78 is 0. The van der Waals surface area contributed by atoms with Crippen LogP contribution in [0.1, 0.15) is 35.8 Å². The summed E-state index contributed by atoms with van der Waals surface area (Å²) >= 11 is 0. The van der Waals surface area contributed by atoms with Gasteiger partial charge in [0, 0.05) is 11.8 Å². The predicted octanol–water partition coefficient (Wildman–Crippen LogP) is 3.07. The van der Waals surface area contributed by atoms with Crippen molar-refractivity contribution in [3.05, 3.63) is 47.5 Å². The van der Waals surface area contributed by atoms with E-state index in [1.165, 1.54) is 12.8 Å². The molecule has 1 nitrogen and oxygen atoms in total. The van der Waals surface area contributed by atoms with Crippen LogP contribution in [0, 0.1) is 23.7 Å². The molecule has 1 N–H and O–H groups in total. The van der Waals surface area contributed by atoms with Crippen LogP contribution in [0.25, 0.3) is 0 Å². The molecule has 1 aromatic rings. The smallest absolute Gasteiger partial charge is 0.0671 e. The van der Waals surface area contributed by atoms with E-state index in [2.05, 4.69) is 36.4 Å². The van der Waals surface area contributed by atoms with Crippen molar-refractivity contribution in [2.24, 2.45) is 23.7 Å². The highest BCUT2D eigenvalue weighted by Gasteiger charge is 2.60. The highest BCUT2D eigenvalue weighted by molar-refractivity contribution is 5.43. The minimum Gasteiger partial charge on any atom is -0.392 e. The van der Waals surface area contributed by atoms with Crippen molar-refractivity contribution >= 4 is 0 Å². The minimum atomic E-state index is -0.0857. The molecule has 2 fully saturated rings. The molecule has 2 saturated carbocycles. The van der Waals surface area contributed by atoms with E-state index in [0.717, 1.165) is 11.8 Å². The van der Waals surface area contributed by atoms with Crippen molar-refractivity contribution in [2.75, 3.05) is 0 Å². The van der Waals surface area contributed by atoms with Gasteiger partial charge in [-0.15, -0.1) is 0 Å². The lowest BCUT2D eigenvalue weighted by atomic mass is 9.54. The molecule has 5 aliphatic carbocycles. The fraction of sp³-hybridized carbons (Fsp3) is 0.529. The normalized spacial score (nSPS) is 50.4. The molecule has 1 aromatic carbocycles. The van der Waals surface area contributed by atoms with Crippen LogP contribution < -0.4 is 0 Å². The van der Waals surface area contributed by atoms with Gasteiger partial charge < -0.3 is 5.11 Å². The molecule has 0 saturated heterocycles. The maximum absolute atomic E-state index is 10.4. The predicted molar refractivity (Wildman–Crippen MR) is 70.3 cm³/mol. The molecule has 1 unspecified atom stereocenters. The molecule has 4 bridgehead atoms. The van der Waals surface area contributed by atoms with E-state index in [9.17, 15) is 5.11 Å². The van der Waals surface area contributed by atoms with Gasteiger partial charge in [0.05, 0.1) is 6.10 Å². The van der Waals surface area contributed by atoms with E-state index in [4.69, 9.17) is 0 Å². The first-order valence-electron chi connectivity index (χ1n) is 7.31. The number of aliphatic hydroxyl groups is 1. The number of aliphatic hydroxyl groups excluding tert-OH is 1. The Labute approximate surface area is 108 Å². The number of hydrogen-bond donors (Lipinski definition) is 1. The van der Waals surface area contributed by atoms with Gasteiger partial charge in [-0.1, -0.05) is 36.4 Å². The largest absolute Gasteiger partial charge is 0.392 e. The summed E-state index contributed by atoms with van der Waals surface area (Å²) in [6.45, 7) is 0. The number of rotatable bonds is 0. The van der Waals surface area contributed by atoms with Gasteiger partial charge in [0.2, 0.25) is 0 Å². The second-order valence-corrected chi connectivity index (χ2v) is 6.60. The third-order valence-electron chi connectivity index (χ3n) is 6.19. The summed E-state index contributed by atoms with van der Waals surface area (Å²) in [6.07, 6.45) is 7.20. The average Bonchev–Trinajstić information content (AvgIpc) is 2.94. The SMILES string of the molecule is OC1[C@H]2C=C[C@H]1[C@@H]1[C@H]2[C@H]2CC[C@H]1c1ccccc12. The maximum atomic E-state index is 10.4. The Morgan fingerprint density at radius 3 is 1.83 bits per heavy atom. The number of benzene rings is 1. The maximum Gasteiger partial charge on any atom is 0.0671 e. The number of fused-ring (bicyclic) bond motifs is 3. The molecule has 18 heavy (non-hydrogen) atoms. The van der Waals surface area contributed by atoms with Gasteiger partial charge in [-0.3, -0.25) is 0 Å². The van der Waals surface area contributed by atoms with Crippen molar-refractivity contribution in [3.8, 4) is 0 Å². The molecule has 6 rings (SSSR count). The summed E-state index contributed by atoms with van der Waals surface area (Å²) in [5, 5.41) is 10.4. The van der Waals surface area contributed by atoms with Gasteiger partial charge in [0.15, 0.2) is 0 Å². The highest BCUT2D eigenvalue weighted by Crippen LogP contribution is 2.66. The standard InChI is InChI=1S/C17H18O/c18-17-13-7-8-14(17)16-12-6-5-11(15(13)16)9-3-1-2-4-10(9)12/h1-4,7-8,11-18H,5-6H2/t11-,12-,13-,14-,15-,16+,17?/m0/s1. The van der Waals surface area contributed by atoms with Crippen molar-refractivity contribution in [1.29, 1.82) is 0 Å². The topological polar surface area (TPSA) is 20.2 Å². The molecule has 0 aliphatic heterocycles. The van der Waals surface area contributed by atoms with Crippen LogP contribution in [0.15, 0.2) is 36.4 Å². The molecule has 92 valence electrons. The Balaban J connectivity index is 1.73. The van der Waals surface area contributed by atoms with Gasteiger partial charge in [-0.05, 0) is 47.6 Å². The van der Waals surface area contributed by atoms with Crippen LogP contribution in [-0.2, 0) is 0 Å². The molecule has 0 radical (unpaired) electrons. The Hall–Kier alpha value is -1.08. The molecule has 0 amide bonds. The first kappa shape index (κ1) is 9.80. The highest BCUT2D eigenvalue weighted by atomic mass is 16.3. The second kappa shape index (κ2) is 3.08. The van der Waals surface area contributed by atoms with E-state index in [1.54, 1.807) is 11.1 Å². The van der Waals surface area contributed by atoms with Crippen molar-refractivity contribution < 1.29 is 5.11 Å². The Bertz CT molecular complexity index is 499. The lowest BCUT2D eigenvalue weighted by molar-refractivity contribution is 0.126. The van der Waals surface area contributed by atoms with Gasteiger partial charge in [-0.2, -0.15) is 0 Å². The Kier molecular flexibility index (Phi) is 1.68. The fourth-order valence-electron chi connectivity index (χ4n) is 5.69. The van der Waals surface area contributed by atoms with Gasteiger partial charge in [0.1, 0.15) is 0 Å². The zero-order valence-corrected chi connectivity index (χ0v) is 10.4. The van der Waals surface area contributed by atoms with Crippen LogP contribution in [0.3, 0.4) is 0 Å². The van der Waals surface area contributed by atoms with Crippen LogP contribution in [0.5, 0.6) is 0 Å². The number of hydrogen-bond acceptors (Lipinski definition) is 1. The molecule has 0 heterocycles. The zero-order valence-electron chi connectivity index (χ0n) is 10.4. The van der Waals surface area contributed by atoms with Crippen molar-refractivity contribution in [1.82, 2.24) is 0 Å². The van der Waals surface area contributed by atoms with Crippen LogP contribution in [0.4, 0.5) is 0 Å². The molecule has 5 aliphatic rings. The van der Waals surface area contributed by atoms with Crippen molar-refractivity contribution in [2.45, 2.75) is 30.8 Å². The van der Waals surface area contributed by atoms with Gasteiger partial charge in [-0.25, -0.2) is 0 Å². The van der Waals surface area contributed by atoms with E-state index < -0.39 is 0 Å². The quantitative estimate of drug-likeness (QED) is 0.689. The van der Waals surface area contributed by atoms with Crippen molar-refractivity contribution in [3.63, 3.8) is 0 Å². The lowest BCUT2D eigenvalue weighted by Gasteiger charge is -2.50. The van der Waals surface area contributed by atoms with Crippen LogP contribution in [0.2, 0.25) is 0 Å². The van der Waals surface area contributed by atoms with Crippen LogP contribution >= 0.6 is 0 Å². The minimum absolute atomic E-state index is 0.0857. The Morgan fingerprint density at radius 1 is 0.833 bits per heavy atom. The van der Waals surface area contributed by atoms with Crippen LogP contribution in [-0.4, -0.2) is 11.2 Å². The molecule has 1 heteroatoms. The summed E-state index contributed by atoms with van der Waals surface area (Å²) in [6, 6.07) is 9.05. The van der Waals surface area contributed by atoms with Gasteiger partial charge in [0.25, 0.3) is 0 Å². The third kappa shape index (κ3) is 0.925. The lowest BCUT2D eigenvalue weighted by Crippen LogP contribution is -2.40. The first-order chi connectivity index (χ1) is 8.86. The average molecular weight is 238 g/mol. The summed E-state index contributed by atoms with van der Waals surface area (Å²) in [4.78, 5) is 0. The second-order valence-electron chi connectivity index (χ2n) is 6.60. The van der Waals surface area contributed by atoms with E-state index in [-0.39, 0.29) is 6.10 Å². The summed E-state index contributed by atoms with van der Waals surface area (Å²) in [5.74, 6) is 3.77. The van der Waals surface area contributed by atoms with E-state index >= 15 is 0 Å². The summed E-state index contributed by atoms with van der Waals surface area (Å²) in [7, 11) is 0. The Morgan fingerprint density at radius 2 is 1.33 bits per heavy atom. The monoisotopic (exact) mass is 238 g/mol.